The fraction of sp³-hybridized carbons (Fsp3) is 1.00. The highest BCUT2D eigenvalue weighted by molar-refractivity contribution is 4.89. The van der Waals surface area contributed by atoms with E-state index in [9.17, 15) is 5.11 Å². The first-order valence-electron chi connectivity index (χ1n) is 5.87. The summed E-state index contributed by atoms with van der Waals surface area (Å²) in [5.41, 5.74) is 6.01. The van der Waals surface area contributed by atoms with Crippen LogP contribution in [0.2, 0.25) is 0 Å². The van der Waals surface area contributed by atoms with E-state index in [4.69, 9.17) is 5.73 Å². The number of likely N-dealkylation sites (N-methyl/N-ethyl adjacent to an activating group) is 1. The first kappa shape index (κ1) is 12.9. The molecular formula is C11H25N3O. The van der Waals surface area contributed by atoms with E-state index in [1.54, 1.807) is 0 Å². The van der Waals surface area contributed by atoms with Gasteiger partial charge in [0, 0.05) is 31.2 Å². The van der Waals surface area contributed by atoms with Gasteiger partial charge in [-0.2, -0.15) is 0 Å². The molecule has 0 aromatic carbocycles. The Bertz CT molecular complexity index is 187. The lowest BCUT2D eigenvalue weighted by Gasteiger charge is -2.31. The molecule has 0 aliphatic carbocycles. The van der Waals surface area contributed by atoms with Crippen LogP contribution < -0.4 is 5.73 Å². The second kappa shape index (κ2) is 5.80. The Hall–Kier alpha value is -0.160. The fourth-order valence-corrected chi connectivity index (χ4v) is 2.28. The van der Waals surface area contributed by atoms with Crippen molar-refractivity contribution in [1.82, 2.24) is 9.80 Å². The Morgan fingerprint density at radius 3 is 2.60 bits per heavy atom. The Kier molecular flexibility index (Phi) is 4.99. The first-order chi connectivity index (χ1) is 7.10. The molecule has 0 saturated carbocycles. The predicted octanol–water partition coefficient (Wildman–Crippen LogP) is -0.279. The molecule has 1 rings (SSSR count). The number of nitrogens with zero attached hydrogens (tertiary/aromatic N) is 2. The minimum atomic E-state index is 0.0934. The van der Waals surface area contributed by atoms with E-state index in [1.165, 1.54) is 6.42 Å². The third-order valence-electron chi connectivity index (χ3n) is 3.55. The lowest BCUT2D eigenvalue weighted by atomic mass is 10.1. The largest absolute Gasteiger partial charge is 0.395 e. The Morgan fingerprint density at radius 2 is 2.20 bits per heavy atom. The normalized spacial score (nSPS) is 27.2. The maximum Gasteiger partial charge on any atom is 0.0601 e. The van der Waals surface area contributed by atoms with Crippen LogP contribution in [0.4, 0.5) is 0 Å². The molecule has 1 aliphatic heterocycles. The zero-order valence-corrected chi connectivity index (χ0v) is 10.2. The van der Waals surface area contributed by atoms with Crippen molar-refractivity contribution in [3.8, 4) is 0 Å². The molecule has 0 aromatic heterocycles. The van der Waals surface area contributed by atoms with Gasteiger partial charge in [-0.15, -0.1) is 0 Å². The second-order valence-corrected chi connectivity index (χ2v) is 4.72. The molecule has 0 aromatic rings. The summed E-state index contributed by atoms with van der Waals surface area (Å²) in [4.78, 5) is 4.59. The standard InChI is InChI=1S/C11H25N3O/c1-4-10(12)11(8-15)14-6-5-9(7-14)13(2)3/h9-11,15H,4-8,12H2,1-3H3. The smallest absolute Gasteiger partial charge is 0.0601 e. The van der Waals surface area contributed by atoms with Gasteiger partial charge in [-0.05, 0) is 26.9 Å². The number of aliphatic hydroxyl groups excluding tert-OH is 1. The van der Waals surface area contributed by atoms with Crippen LogP contribution in [0.25, 0.3) is 0 Å². The molecule has 0 spiro atoms. The summed E-state index contributed by atoms with van der Waals surface area (Å²) in [6.07, 6.45) is 2.11. The van der Waals surface area contributed by atoms with E-state index in [1.807, 2.05) is 0 Å². The van der Waals surface area contributed by atoms with Crippen molar-refractivity contribution in [3.05, 3.63) is 0 Å². The van der Waals surface area contributed by atoms with Gasteiger partial charge in [0.25, 0.3) is 0 Å². The molecule has 4 heteroatoms. The molecule has 90 valence electrons. The van der Waals surface area contributed by atoms with Gasteiger partial charge in [0.15, 0.2) is 0 Å². The van der Waals surface area contributed by atoms with Gasteiger partial charge >= 0.3 is 0 Å². The number of hydrogen-bond donors (Lipinski definition) is 2. The van der Waals surface area contributed by atoms with E-state index in [2.05, 4.69) is 30.8 Å². The highest BCUT2D eigenvalue weighted by Crippen LogP contribution is 2.17. The minimum Gasteiger partial charge on any atom is -0.395 e. The molecule has 1 fully saturated rings. The van der Waals surface area contributed by atoms with Crippen LogP contribution in [-0.4, -0.2) is 66.8 Å². The number of hydrogen-bond acceptors (Lipinski definition) is 4. The van der Waals surface area contributed by atoms with Crippen molar-refractivity contribution >= 4 is 0 Å². The highest BCUT2D eigenvalue weighted by atomic mass is 16.3. The van der Waals surface area contributed by atoms with Crippen LogP contribution in [0, 0.1) is 0 Å². The lowest BCUT2D eigenvalue weighted by molar-refractivity contribution is 0.117. The zero-order chi connectivity index (χ0) is 11.4. The van der Waals surface area contributed by atoms with Crippen LogP contribution in [-0.2, 0) is 0 Å². The third kappa shape index (κ3) is 3.14. The summed E-state index contributed by atoms with van der Waals surface area (Å²) in [6, 6.07) is 0.846. The number of nitrogens with two attached hydrogens (primary N) is 1. The SMILES string of the molecule is CCC(N)C(CO)N1CCC(N(C)C)C1. The van der Waals surface area contributed by atoms with E-state index >= 15 is 0 Å². The predicted molar refractivity (Wildman–Crippen MR) is 62.8 cm³/mol. The van der Waals surface area contributed by atoms with E-state index in [-0.39, 0.29) is 18.7 Å². The van der Waals surface area contributed by atoms with Crippen molar-refractivity contribution in [1.29, 1.82) is 0 Å². The van der Waals surface area contributed by atoms with Crippen LogP contribution in [0.1, 0.15) is 19.8 Å². The first-order valence-corrected chi connectivity index (χ1v) is 5.87. The Morgan fingerprint density at radius 1 is 1.53 bits per heavy atom. The molecule has 1 saturated heterocycles. The molecule has 0 bridgehead atoms. The topological polar surface area (TPSA) is 52.7 Å². The highest BCUT2D eigenvalue weighted by Gasteiger charge is 2.31. The average molecular weight is 215 g/mol. The molecular weight excluding hydrogens is 190 g/mol. The van der Waals surface area contributed by atoms with Crippen molar-refractivity contribution in [2.24, 2.45) is 5.73 Å². The molecule has 3 N–H and O–H groups in total. The summed E-state index contributed by atoms with van der Waals surface area (Å²) in [7, 11) is 4.23. The van der Waals surface area contributed by atoms with Crippen LogP contribution in [0.15, 0.2) is 0 Å². The van der Waals surface area contributed by atoms with Crippen LogP contribution >= 0.6 is 0 Å². The molecule has 1 heterocycles. The van der Waals surface area contributed by atoms with Crippen LogP contribution in [0.5, 0.6) is 0 Å². The molecule has 3 atom stereocenters. The van der Waals surface area contributed by atoms with Crippen molar-refractivity contribution < 1.29 is 5.11 Å². The average Bonchev–Trinajstić information content (AvgIpc) is 2.68. The van der Waals surface area contributed by atoms with Gasteiger partial charge in [-0.25, -0.2) is 0 Å². The van der Waals surface area contributed by atoms with Gasteiger partial charge < -0.3 is 15.7 Å². The number of aliphatic hydroxyl groups is 1. The lowest BCUT2D eigenvalue weighted by Crippen LogP contribution is -2.49. The summed E-state index contributed by atoms with van der Waals surface area (Å²) >= 11 is 0. The van der Waals surface area contributed by atoms with E-state index < -0.39 is 0 Å². The van der Waals surface area contributed by atoms with E-state index in [0.29, 0.717) is 6.04 Å². The molecule has 0 radical (unpaired) electrons. The van der Waals surface area contributed by atoms with Gasteiger partial charge in [-0.1, -0.05) is 6.92 Å². The van der Waals surface area contributed by atoms with Gasteiger partial charge in [0.2, 0.25) is 0 Å². The van der Waals surface area contributed by atoms with Gasteiger partial charge in [-0.3, -0.25) is 4.90 Å². The third-order valence-corrected chi connectivity index (χ3v) is 3.55. The number of likely N-dealkylation sites (tertiary alicyclic amines) is 1. The molecule has 15 heavy (non-hydrogen) atoms. The summed E-state index contributed by atoms with van der Waals surface area (Å²) < 4.78 is 0. The zero-order valence-electron chi connectivity index (χ0n) is 10.2. The summed E-state index contributed by atoms with van der Waals surface area (Å²) in [5, 5.41) is 9.38. The van der Waals surface area contributed by atoms with Gasteiger partial charge in [0.1, 0.15) is 0 Å². The maximum atomic E-state index is 9.38. The maximum absolute atomic E-state index is 9.38. The quantitative estimate of drug-likeness (QED) is 0.662. The Labute approximate surface area is 93.0 Å². The van der Waals surface area contributed by atoms with Gasteiger partial charge in [0.05, 0.1) is 6.61 Å². The molecule has 0 amide bonds. The minimum absolute atomic E-state index is 0.0934. The van der Waals surface area contributed by atoms with Crippen molar-refractivity contribution in [2.75, 3.05) is 33.8 Å². The van der Waals surface area contributed by atoms with Crippen molar-refractivity contribution in [3.63, 3.8) is 0 Å². The summed E-state index contributed by atoms with van der Waals surface area (Å²) in [6.45, 7) is 4.34. The monoisotopic (exact) mass is 215 g/mol. The summed E-state index contributed by atoms with van der Waals surface area (Å²) in [5.74, 6) is 0. The Balaban J connectivity index is 2.50. The van der Waals surface area contributed by atoms with Crippen LogP contribution in [0.3, 0.4) is 0 Å². The molecule has 1 aliphatic rings. The van der Waals surface area contributed by atoms with E-state index in [0.717, 1.165) is 19.5 Å². The fourth-order valence-electron chi connectivity index (χ4n) is 2.28. The number of rotatable bonds is 5. The second-order valence-electron chi connectivity index (χ2n) is 4.72. The molecule has 4 nitrogen and oxygen atoms in total. The molecule has 3 unspecified atom stereocenters. The van der Waals surface area contributed by atoms with Crippen molar-refractivity contribution in [2.45, 2.75) is 37.9 Å².